The smallest absolute Gasteiger partial charge is 0.407 e. The predicted molar refractivity (Wildman–Crippen MR) is 167 cm³/mol. The van der Waals surface area contributed by atoms with E-state index in [0.717, 1.165) is 48.8 Å². The predicted octanol–water partition coefficient (Wildman–Crippen LogP) is 4.76. The molecule has 1 atom stereocenters. The first-order valence-corrected chi connectivity index (χ1v) is 16.6. The van der Waals surface area contributed by atoms with Gasteiger partial charge in [-0.15, -0.1) is 0 Å². The number of carbonyl (C=O) groups is 2. The van der Waals surface area contributed by atoms with E-state index in [2.05, 4.69) is 4.72 Å². The summed E-state index contributed by atoms with van der Waals surface area (Å²) in [6.07, 6.45) is 3.24. The van der Waals surface area contributed by atoms with E-state index in [1.165, 1.54) is 4.90 Å². The third-order valence-corrected chi connectivity index (χ3v) is 9.02. The third-order valence-electron chi connectivity index (χ3n) is 7.70. The number of nitrogens with one attached hydrogen (secondary N) is 1. The van der Waals surface area contributed by atoms with Crippen LogP contribution in [0.5, 0.6) is 5.75 Å². The summed E-state index contributed by atoms with van der Waals surface area (Å²) < 4.78 is 33.0. The molecule has 4 rings (SSSR count). The number of ether oxygens (including phenoxy) is 1. The average Bonchev–Trinajstić information content (AvgIpc) is 3.02. The Morgan fingerprint density at radius 2 is 1.64 bits per heavy atom. The Morgan fingerprint density at radius 1 is 0.955 bits per heavy atom. The molecule has 11 heteroatoms. The maximum atomic E-state index is 13.0. The summed E-state index contributed by atoms with van der Waals surface area (Å²) in [5.41, 5.74) is 3.31. The van der Waals surface area contributed by atoms with Crippen molar-refractivity contribution in [3.8, 4) is 16.9 Å². The molecule has 10 nitrogen and oxygen atoms in total. The number of sulfonamides is 1. The van der Waals surface area contributed by atoms with Crippen molar-refractivity contribution in [2.45, 2.75) is 57.2 Å². The van der Waals surface area contributed by atoms with Gasteiger partial charge in [-0.05, 0) is 72.9 Å². The number of carboxylic acid groups (broad SMARTS) is 1. The molecule has 1 fully saturated rings. The number of nitrogens with zero attached hydrogens (tertiary/aromatic N) is 1. The number of aliphatic hydroxyl groups is 2. The fourth-order valence-corrected chi connectivity index (χ4v) is 6.24. The highest BCUT2D eigenvalue weighted by atomic mass is 32.2. The molecule has 0 unspecified atom stereocenters. The first-order valence-electron chi connectivity index (χ1n) is 14.9. The number of carbonyl (C=O) groups excluding carboxylic acids is 1. The number of rotatable bonds is 14. The number of hydrogen-bond acceptors (Lipinski definition) is 7. The monoisotopic (exact) mass is 624 g/mol. The fraction of sp³-hybridized carbons (Fsp3) is 0.394. The van der Waals surface area contributed by atoms with Crippen LogP contribution in [0.4, 0.5) is 4.79 Å². The Morgan fingerprint density at radius 3 is 2.30 bits per heavy atom. The zero-order valence-electron chi connectivity index (χ0n) is 24.6. The van der Waals surface area contributed by atoms with Crippen LogP contribution in [0.1, 0.15) is 66.1 Å². The van der Waals surface area contributed by atoms with Crippen LogP contribution < -0.4 is 9.46 Å². The van der Waals surface area contributed by atoms with Gasteiger partial charge < -0.3 is 25.0 Å². The van der Waals surface area contributed by atoms with E-state index >= 15 is 0 Å². The second-order valence-electron chi connectivity index (χ2n) is 11.0. The van der Waals surface area contributed by atoms with Crippen LogP contribution in [0, 0.1) is 0 Å². The quantitative estimate of drug-likeness (QED) is 0.200. The minimum atomic E-state index is -3.92. The van der Waals surface area contributed by atoms with Gasteiger partial charge in [0, 0.05) is 13.2 Å². The van der Waals surface area contributed by atoms with Gasteiger partial charge in [0.15, 0.2) is 0 Å². The van der Waals surface area contributed by atoms with Gasteiger partial charge in [0.1, 0.15) is 5.75 Å². The molecule has 236 valence electrons. The molecule has 0 heterocycles. The number of hydrogen-bond donors (Lipinski definition) is 4. The lowest BCUT2D eigenvalue weighted by molar-refractivity contribution is 0.0967. The summed E-state index contributed by atoms with van der Waals surface area (Å²) in [4.78, 5) is 26.0. The van der Waals surface area contributed by atoms with Crippen LogP contribution in [0.15, 0.2) is 72.8 Å². The molecule has 1 aliphatic carbocycles. The molecule has 1 aliphatic rings. The second kappa shape index (κ2) is 15.7. The van der Waals surface area contributed by atoms with Crippen LogP contribution in [-0.4, -0.2) is 72.2 Å². The number of amides is 2. The average molecular weight is 625 g/mol. The second-order valence-corrected chi connectivity index (χ2v) is 12.9. The van der Waals surface area contributed by atoms with E-state index in [-0.39, 0.29) is 43.5 Å². The molecule has 0 bridgehead atoms. The number of aliphatic hydroxyl groups excluding tert-OH is 2. The van der Waals surface area contributed by atoms with Crippen molar-refractivity contribution in [2.75, 3.05) is 25.4 Å². The standard InChI is InChI=1S/C33H40N2O8S/c36-20-7-21-44(41,42)34-32(38)29-17-16-27(22-31(29)43-28-10-5-2-6-11-28)25-14-12-24(13-15-25)18-19-35(33(39)40)23-30(37)26-8-3-1-4-9-26/h1,3-4,8-9,12-17,22,28,30,36-37H,2,5-7,10-11,18-21,23H2,(H,34,38)(H,39,40)/t30-/m1/s1. The molecular weight excluding hydrogens is 584 g/mol. The van der Waals surface area contributed by atoms with Gasteiger partial charge in [-0.2, -0.15) is 0 Å². The fourth-order valence-electron chi connectivity index (χ4n) is 5.23. The Balaban J connectivity index is 1.47. The van der Waals surface area contributed by atoms with Gasteiger partial charge in [0.2, 0.25) is 10.0 Å². The van der Waals surface area contributed by atoms with E-state index in [1.807, 2.05) is 30.3 Å². The summed E-state index contributed by atoms with van der Waals surface area (Å²) in [5.74, 6) is -0.838. The first kappa shape index (κ1) is 33.0. The van der Waals surface area contributed by atoms with Crippen molar-refractivity contribution in [1.82, 2.24) is 9.62 Å². The Kier molecular flexibility index (Phi) is 11.8. The molecule has 3 aromatic carbocycles. The third kappa shape index (κ3) is 9.54. The lowest BCUT2D eigenvalue weighted by atomic mass is 9.97. The molecule has 0 radical (unpaired) electrons. The zero-order valence-corrected chi connectivity index (χ0v) is 25.4. The SMILES string of the molecule is O=C(NS(=O)(=O)CCCO)c1ccc(-c2ccc(CCN(C[C@@H](O)c3ccccc3)C(=O)O)cc2)cc1OC1CCCCC1. The molecule has 0 saturated heterocycles. The lowest BCUT2D eigenvalue weighted by Gasteiger charge is -2.24. The molecule has 44 heavy (non-hydrogen) atoms. The summed E-state index contributed by atoms with van der Waals surface area (Å²) in [7, 11) is -3.92. The van der Waals surface area contributed by atoms with E-state index in [0.29, 0.717) is 17.7 Å². The molecule has 4 N–H and O–H groups in total. The highest BCUT2D eigenvalue weighted by Crippen LogP contribution is 2.31. The van der Waals surface area contributed by atoms with Crippen molar-refractivity contribution < 1.29 is 38.1 Å². The molecule has 0 spiro atoms. The van der Waals surface area contributed by atoms with Crippen LogP contribution in [-0.2, 0) is 16.4 Å². The molecule has 3 aromatic rings. The molecular formula is C33H40N2O8S. The van der Waals surface area contributed by atoms with Crippen molar-refractivity contribution in [3.63, 3.8) is 0 Å². The van der Waals surface area contributed by atoms with Crippen molar-refractivity contribution in [1.29, 1.82) is 0 Å². The summed E-state index contributed by atoms with van der Waals surface area (Å²) in [6, 6.07) is 21.6. The summed E-state index contributed by atoms with van der Waals surface area (Å²) >= 11 is 0. The molecule has 1 saturated carbocycles. The Hall–Kier alpha value is -3.93. The molecule has 0 aromatic heterocycles. The van der Waals surface area contributed by atoms with E-state index in [9.17, 15) is 28.2 Å². The Bertz CT molecular complexity index is 1490. The maximum Gasteiger partial charge on any atom is 0.407 e. The maximum absolute atomic E-state index is 13.0. The van der Waals surface area contributed by atoms with Crippen molar-refractivity contribution in [2.24, 2.45) is 0 Å². The molecule has 0 aliphatic heterocycles. The van der Waals surface area contributed by atoms with Crippen molar-refractivity contribution >= 4 is 22.0 Å². The van der Waals surface area contributed by atoms with Gasteiger partial charge in [-0.1, -0.05) is 67.1 Å². The largest absolute Gasteiger partial charge is 0.490 e. The van der Waals surface area contributed by atoms with E-state index in [4.69, 9.17) is 9.84 Å². The van der Waals surface area contributed by atoms with E-state index < -0.39 is 28.1 Å². The number of benzene rings is 3. The highest BCUT2D eigenvalue weighted by Gasteiger charge is 2.23. The zero-order chi connectivity index (χ0) is 31.5. The topological polar surface area (TPSA) is 153 Å². The first-order chi connectivity index (χ1) is 21.1. The van der Waals surface area contributed by atoms with Crippen LogP contribution >= 0.6 is 0 Å². The van der Waals surface area contributed by atoms with E-state index in [1.54, 1.807) is 42.5 Å². The molecule has 2 amide bonds. The van der Waals surface area contributed by atoms with Gasteiger partial charge in [-0.25, -0.2) is 17.9 Å². The highest BCUT2D eigenvalue weighted by molar-refractivity contribution is 7.90. The summed E-state index contributed by atoms with van der Waals surface area (Å²) in [5, 5.41) is 29.1. The van der Waals surface area contributed by atoms with Gasteiger partial charge in [-0.3, -0.25) is 4.79 Å². The van der Waals surface area contributed by atoms with Crippen LogP contribution in [0.3, 0.4) is 0 Å². The minimum Gasteiger partial charge on any atom is -0.490 e. The lowest BCUT2D eigenvalue weighted by Crippen LogP contribution is -2.35. The van der Waals surface area contributed by atoms with Crippen LogP contribution in [0.2, 0.25) is 0 Å². The summed E-state index contributed by atoms with van der Waals surface area (Å²) in [6.45, 7) is -0.124. The minimum absolute atomic E-state index is 0.0208. The van der Waals surface area contributed by atoms with Gasteiger partial charge in [0.05, 0.1) is 30.1 Å². The van der Waals surface area contributed by atoms with Crippen LogP contribution in [0.25, 0.3) is 11.1 Å². The van der Waals surface area contributed by atoms with Crippen molar-refractivity contribution in [3.05, 3.63) is 89.5 Å². The Labute approximate surface area is 258 Å². The normalized spacial score (nSPS) is 14.5. The van der Waals surface area contributed by atoms with Gasteiger partial charge >= 0.3 is 6.09 Å². The van der Waals surface area contributed by atoms with Gasteiger partial charge in [0.25, 0.3) is 5.91 Å².